The number of rotatable bonds is 5. The second-order valence-electron chi connectivity index (χ2n) is 5.17. The normalized spacial score (nSPS) is 16.1. The summed E-state index contributed by atoms with van der Waals surface area (Å²) >= 11 is 0. The maximum atomic E-state index is 11.0. The van der Waals surface area contributed by atoms with Gasteiger partial charge in [0.05, 0.1) is 4.92 Å². The van der Waals surface area contributed by atoms with Crippen LogP contribution in [0.1, 0.15) is 12.8 Å². The summed E-state index contributed by atoms with van der Waals surface area (Å²) in [7, 11) is 0. The van der Waals surface area contributed by atoms with E-state index in [-0.39, 0.29) is 11.7 Å². The van der Waals surface area contributed by atoms with E-state index in [0.29, 0.717) is 18.0 Å². The maximum absolute atomic E-state index is 11.0. The number of fused-ring (bicyclic) bond motifs is 1. The number of nitrogens with one attached hydrogen (secondary N) is 1. The molecule has 1 unspecified atom stereocenters. The Kier molecular flexibility index (Phi) is 3.23. The quantitative estimate of drug-likeness (QED) is 0.643. The lowest BCUT2D eigenvalue weighted by atomic mass is 10.1. The van der Waals surface area contributed by atoms with Crippen molar-refractivity contribution in [1.29, 1.82) is 0 Å². The molecular weight excluding hydrogens is 256 g/mol. The van der Waals surface area contributed by atoms with Crippen LogP contribution in [0.5, 0.6) is 0 Å². The van der Waals surface area contributed by atoms with E-state index in [2.05, 4.69) is 10.3 Å². The zero-order chi connectivity index (χ0) is 14.1. The molecule has 1 saturated carbocycles. The predicted molar refractivity (Wildman–Crippen MR) is 77.6 cm³/mol. The molecule has 0 amide bonds. The van der Waals surface area contributed by atoms with Gasteiger partial charge < -0.3 is 11.1 Å². The molecule has 2 aromatic rings. The number of anilines is 1. The fraction of sp³-hybridized carbons (Fsp3) is 0.357. The third-order valence-corrected chi connectivity index (χ3v) is 3.70. The number of nitro groups is 1. The van der Waals surface area contributed by atoms with Gasteiger partial charge in [0, 0.05) is 35.9 Å². The van der Waals surface area contributed by atoms with Gasteiger partial charge in [-0.25, -0.2) is 4.98 Å². The molecule has 0 aliphatic heterocycles. The largest absolute Gasteiger partial charge is 0.383 e. The highest BCUT2D eigenvalue weighted by molar-refractivity contribution is 5.96. The summed E-state index contributed by atoms with van der Waals surface area (Å²) in [4.78, 5) is 14.7. The maximum Gasteiger partial charge on any atom is 0.295 e. The van der Waals surface area contributed by atoms with E-state index in [9.17, 15) is 10.1 Å². The highest BCUT2D eigenvalue weighted by Crippen LogP contribution is 2.32. The molecule has 1 fully saturated rings. The second-order valence-corrected chi connectivity index (χ2v) is 5.17. The zero-order valence-electron chi connectivity index (χ0n) is 11.0. The Morgan fingerprint density at radius 1 is 1.45 bits per heavy atom. The van der Waals surface area contributed by atoms with Crippen LogP contribution in [0.25, 0.3) is 10.9 Å². The lowest BCUT2D eigenvalue weighted by molar-refractivity contribution is -0.383. The summed E-state index contributed by atoms with van der Waals surface area (Å²) in [5, 5.41) is 15.1. The van der Waals surface area contributed by atoms with Gasteiger partial charge in [-0.1, -0.05) is 12.1 Å². The summed E-state index contributed by atoms with van der Waals surface area (Å²) in [6.07, 6.45) is 3.98. The van der Waals surface area contributed by atoms with E-state index in [0.717, 1.165) is 11.1 Å². The first-order valence-electron chi connectivity index (χ1n) is 6.68. The third kappa shape index (κ3) is 2.42. The number of nitro benzene ring substituents is 1. The molecule has 0 bridgehead atoms. The van der Waals surface area contributed by atoms with Crippen molar-refractivity contribution in [3.8, 4) is 0 Å². The van der Waals surface area contributed by atoms with Crippen molar-refractivity contribution in [2.45, 2.75) is 18.9 Å². The first kappa shape index (κ1) is 12.8. The molecule has 1 atom stereocenters. The summed E-state index contributed by atoms with van der Waals surface area (Å²) in [6.45, 7) is 0.673. The smallest absolute Gasteiger partial charge is 0.295 e. The van der Waals surface area contributed by atoms with Crippen molar-refractivity contribution < 1.29 is 4.92 Å². The number of para-hydroxylation sites is 1. The molecule has 1 aromatic carbocycles. The van der Waals surface area contributed by atoms with Gasteiger partial charge in [0.2, 0.25) is 0 Å². The van der Waals surface area contributed by atoms with E-state index in [4.69, 9.17) is 5.73 Å². The van der Waals surface area contributed by atoms with Crippen LogP contribution in [0, 0.1) is 16.0 Å². The van der Waals surface area contributed by atoms with Crippen molar-refractivity contribution in [1.82, 2.24) is 4.98 Å². The molecule has 6 heteroatoms. The first-order chi connectivity index (χ1) is 9.66. The van der Waals surface area contributed by atoms with E-state index in [1.807, 2.05) is 12.1 Å². The molecule has 1 aliphatic rings. The number of benzene rings is 1. The van der Waals surface area contributed by atoms with Crippen LogP contribution in [0.3, 0.4) is 0 Å². The van der Waals surface area contributed by atoms with Crippen molar-refractivity contribution in [3.63, 3.8) is 0 Å². The second kappa shape index (κ2) is 5.05. The summed E-state index contributed by atoms with van der Waals surface area (Å²) in [5.74, 6) is 0.616. The Morgan fingerprint density at radius 3 is 2.95 bits per heavy atom. The highest BCUT2D eigenvalue weighted by Gasteiger charge is 2.28. The molecule has 6 nitrogen and oxygen atoms in total. The molecular formula is C14H16N4O2. The van der Waals surface area contributed by atoms with Crippen molar-refractivity contribution in [2.75, 3.05) is 11.9 Å². The average molecular weight is 272 g/mol. The van der Waals surface area contributed by atoms with Crippen molar-refractivity contribution in [3.05, 3.63) is 40.6 Å². The summed E-state index contributed by atoms with van der Waals surface area (Å²) in [5.41, 5.74) is 7.34. The number of nitrogens with zero attached hydrogens (tertiary/aromatic N) is 2. The van der Waals surface area contributed by atoms with Gasteiger partial charge in [0.25, 0.3) is 5.69 Å². The fourth-order valence-electron chi connectivity index (χ4n) is 2.38. The molecule has 1 heterocycles. The minimum atomic E-state index is -0.408. The SMILES string of the molecule is NC(CNc1ccnc2c([N+](=O)[O-])cccc12)C1CC1. The third-order valence-electron chi connectivity index (χ3n) is 3.70. The van der Waals surface area contributed by atoms with Gasteiger partial charge in [0.15, 0.2) is 0 Å². The van der Waals surface area contributed by atoms with E-state index in [1.54, 1.807) is 12.3 Å². The molecule has 0 saturated heterocycles. The summed E-state index contributed by atoms with van der Waals surface area (Å²) in [6, 6.07) is 6.94. The lowest BCUT2D eigenvalue weighted by Gasteiger charge is -2.14. The van der Waals surface area contributed by atoms with Gasteiger partial charge in [-0.15, -0.1) is 0 Å². The lowest BCUT2D eigenvalue weighted by Crippen LogP contribution is -2.31. The van der Waals surface area contributed by atoms with Crippen LogP contribution < -0.4 is 11.1 Å². The molecule has 3 N–H and O–H groups in total. The molecule has 104 valence electrons. The van der Waals surface area contributed by atoms with Crippen LogP contribution >= 0.6 is 0 Å². The Morgan fingerprint density at radius 2 is 2.25 bits per heavy atom. The van der Waals surface area contributed by atoms with Crippen LogP contribution in [0.4, 0.5) is 11.4 Å². The minimum absolute atomic E-state index is 0.0256. The van der Waals surface area contributed by atoms with Gasteiger partial charge in [-0.05, 0) is 24.8 Å². The molecule has 1 aromatic heterocycles. The number of hydrogen-bond acceptors (Lipinski definition) is 5. The summed E-state index contributed by atoms with van der Waals surface area (Å²) < 4.78 is 0. The molecule has 0 radical (unpaired) electrons. The Labute approximate surface area is 116 Å². The number of non-ortho nitro benzene ring substituents is 1. The minimum Gasteiger partial charge on any atom is -0.383 e. The van der Waals surface area contributed by atoms with Gasteiger partial charge in [-0.2, -0.15) is 0 Å². The number of aromatic nitrogens is 1. The average Bonchev–Trinajstić information content (AvgIpc) is 3.28. The Balaban J connectivity index is 1.90. The standard InChI is InChI=1S/C14H16N4O2/c15-11(9-4-5-9)8-17-12-6-7-16-14-10(12)2-1-3-13(14)18(19)20/h1-3,6-7,9,11H,4-5,8,15H2,(H,16,17). The van der Waals surface area contributed by atoms with E-state index < -0.39 is 4.92 Å². The topological polar surface area (TPSA) is 94.1 Å². The predicted octanol–water partition coefficient (Wildman–Crippen LogP) is 2.29. The Hall–Kier alpha value is -2.21. The monoisotopic (exact) mass is 272 g/mol. The van der Waals surface area contributed by atoms with Gasteiger partial charge >= 0.3 is 0 Å². The molecule has 20 heavy (non-hydrogen) atoms. The van der Waals surface area contributed by atoms with Crippen molar-refractivity contribution >= 4 is 22.3 Å². The number of hydrogen-bond donors (Lipinski definition) is 2. The molecule has 1 aliphatic carbocycles. The van der Waals surface area contributed by atoms with Crippen LogP contribution in [-0.2, 0) is 0 Å². The molecule has 3 rings (SSSR count). The Bertz CT molecular complexity index is 655. The van der Waals surface area contributed by atoms with Crippen LogP contribution in [-0.4, -0.2) is 22.5 Å². The van der Waals surface area contributed by atoms with E-state index >= 15 is 0 Å². The van der Waals surface area contributed by atoms with Crippen LogP contribution in [0.15, 0.2) is 30.5 Å². The van der Waals surface area contributed by atoms with Gasteiger partial charge in [0.1, 0.15) is 5.52 Å². The van der Waals surface area contributed by atoms with Gasteiger partial charge in [-0.3, -0.25) is 10.1 Å². The number of pyridine rings is 1. The number of nitrogens with two attached hydrogens (primary N) is 1. The fourth-order valence-corrected chi connectivity index (χ4v) is 2.38. The highest BCUT2D eigenvalue weighted by atomic mass is 16.6. The van der Waals surface area contributed by atoms with Crippen molar-refractivity contribution in [2.24, 2.45) is 11.7 Å². The molecule has 0 spiro atoms. The van der Waals surface area contributed by atoms with E-state index in [1.165, 1.54) is 18.9 Å². The zero-order valence-corrected chi connectivity index (χ0v) is 11.0. The van der Waals surface area contributed by atoms with Crippen LogP contribution in [0.2, 0.25) is 0 Å². The first-order valence-corrected chi connectivity index (χ1v) is 6.68.